The van der Waals surface area contributed by atoms with E-state index in [0.717, 1.165) is 18.5 Å². The molecule has 4 heteroatoms. The number of carbonyl (C=O) groups is 2. The molecule has 4 nitrogen and oxygen atoms in total. The number of benzene rings is 1. The van der Waals surface area contributed by atoms with Crippen molar-refractivity contribution in [1.29, 1.82) is 0 Å². The second kappa shape index (κ2) is 7.36. The van der Waals surface area contributed by atoms with Gasteiger partial charge in [0.15, 0.2) is 0 Å². The first-order valence-electron chi connectivity index (χ1n) is 7.57. The quantitative estimate of drug-likeness (QED) is 0.781. The molecule has 0 aromatic heterocycles. The molecule has 0 saturated carbocycles. The topological polar surface area (TPSA) is 55.4 Å². The molecule has 1 N–H and O–H groups in total. The first-order chi connectivity index (χ1) is 10.2. The van der Waals surface area contributed by atoms with Crippen molar-refractivity contribution in [3.05, 3.63) is 35.9 Å². The average Bonchev–Trinajstić information content (AvgIpc) is 2.51. The van der Waals surface area contributed by atoms with Gasteiger partial charge in [-0.2, -0.15) is 0 Å². The van der Waals surface area contributed by atoms with Crippen LogP contribution in [0, 0.1) is 5.41 Å². The van der Waals surface area contributed by atoms with Crippen LogP contribution in [0.2, 0.25) is 0 Å². The van der Waals surface area contributed by atoms with Gasteiger partial charge in [-0.15, -0.1) is 0 Å². The molecule has 1 fully saturated rings. The lowest BCUT2D eigenvalue weighted by molar-refractivity contribution is -0.140. The van der Waals surface area contributed by atoms with Gasteiger partial charge in [-0.1, -0.05) is 37.3 Å². The first kappa shape index (κ1) is 15.7. The summed E-state index contributed by atoms with van der Waals surface area (Å²) in [6, 6.07) is 9.93. The highest BCUT2D eigenvalue weighted by atomic mass is 16.5. The molecule has 2 unspecified atom stereocenters. The molecule has 1 aromatic carbocycles. The zero-order chi connectivity index (χ0) is 15.1. The van der Waals surface area contributed by atoms with Gasteiger partial charge in [-0.25, -0.2) is 0 Å². The van der Waals surface area contributed by atoms with E-state index in [1.54, 1.807) is 0 Å². The van der Waals surface area contributed by atoms with Gasteiger partial charge >= 0.3 is 0 Å². The van der Waals surface area contributed by atoms with Gasteiger partial charge in [0.1, 0.15) is 11.9 Å². The number of rotatable bonds is 7. The van der Waals surface area contributed by atoms with Crippen molar-refractivity contribution in [1.82, 2.24) is 5.32 Å². The largest absolute Gasteiger partial charge is 0.464 e. The summed E-state index contributed by atoms with van der Waals surface area (Å²) in [5.74, 6) is 0.288. The fraction of sp³-hybridized carbons (Fsp3) is 0.529. The Morgan fingerprint density at radius 1 is 1.38 bits per heavy atom. The van der Waals surface area contributed by atoms with Crippen LogP contribution in [-0.4, -0.2) is 31.4 Å². The van der Waals surface area contributed by atoms with Gasteiger partial charge in [-0.05, 0) is 18.4 Å². The van der Waals surface area contributed by atoms with E-state index >= 15 is 0 Å². The van der Waals surface area contributed by atoms with E-state index in [4.69, 9.17) is 4.74 Å². The summed E-state index contributed by atoms with van der Waals surface area (Å²) in [4.78, 5) is 23.2. The first-order valence-corrected chi connectivity index (χ1v) is 7.57. The molecule has 0 aliphatic carbocycles. The third-order valence-corrected chi connectivity index (χ3v) is 4.43. The van der Waals surface area contributed by atoms with Gasteiger partial charge < -0.3 is 10.1 Å². The van der Waals surface area contributed by atoms with E-state index in [1.165, 1.54) is 0 Å². The summed E-state index contributed by atoms with van der Waals surface area (Å²) < 4.78 is 5.26. The zero-order valence-corrected chi connectivity index (χ0v) is 12.5. The van der Waals surface area contributed by atoms with Crippen molar-refractivity contribution < 1.29 is 14.3 Å². The summed E-state index contributed by atoms with van der Waals surface area (Å²) in [6.07, 6.45) is 2.31. The number of ketones is 1. The fourth-order valence-electron chi connectivity index (χ4n) is 3.11. The van der Waals surface area contributed by atoms with Crippen molar-refractivity contribution >= 4 is 12.3 Å². The maximum Gasteiger partial charge on any atom is 0.293 e. The van der Waals surface area contributed by atoms with Crippen molar-refractivity contribution in [3.63, 3.8) is 0 Å². The Balaban J connectivity index is 2.10. The van der Waals surface area contributed by atoms with E-state index in [2.05, 4.69) is 5.32 Å². The Hall–Kier alpha value is -1.68. The lowest BCUT2D eigenvalue weighted by Gasteiger charge is -2.37. The van der Waals surface area contributed by atoms with Crippen molar-refractivity contribution in [2.45, 2.75) is 38.7 Å². The van der Waals surface area contributed by atoms with Crippen LogP contribution in [0.1, 0.15) is 31.7 Å². The summed E-state index contributed by atoms with van der Waals surface area (Å²) in [6.45, 7) is 3.96. The minimum absolute atomic E-state index is 0.256. The smallest absolute Gasteiger partial charge is 0.293 e. The highest BCUT2D eigenvalue weighted by molar-refractivity contribution is 5.86. The summed E-state index contributed by atoms with van der Waals surface area (Å²) >= 11 is 0. The lowest BCUT2D eigenvalue weighted by atomic mass is 9.72. The Labute approximate surface area is 125 Å². The molecule has 114 valence electrons. The minimum Gasteiger partial charge on any atom is -0.464 e. The molecule has 0 radical (unpaired) electrons. The van der Waals surface area contributed by atoms with Crippen molar-refractivity contribution in [2.75, 3.05) is 13.1 Å². The Bertz CT molecular complexity index is 474. The van der Waals surface area contributed by atoms with Crippen LogP contribution in [0.25, 0.3) is 0 Å². The summed E-state index contributed by atoms with van der Waals surface area (Å²) in [7, 11) is 0. The zero-order valence-electron chi connectivity index (χ0n) is 12.5. The number of Topliss-reactive ketones (excluding diaryl/α,β-unsaturated/α-hetero) is 1. The predicted molar refractivity (Wildman–Crippen MR) is 80.9 cm³/mol. The molecule has 2 rings (SSSR count). The van der Waals surface area contributed by atoms with Crippen LogP contribution in [-0.2, 0) is 20.7 Å². The molecule has 2 atom stereocenters. The molecule has 21 heavy (non-hydrogen) atoms. The SMILES string of the molecule is CCC1(CC(Cc2ccccc2)OC=O)CNCCC1=O. The van der Waals surface area contributed by atoms with E-state index in [0.29, 0.717) is 32.3 Å². The lowest BCUT2D eigenvalue weighted by Crippen LogP contribution is -2.49. The molecule has 1 aliphatic heterocycles. The molecule has 0 spiro atoms. The van der Waals surface area contributed by atoms with Crippen LogP contribution in [0.15, 0.2) is 30.3 Å². The number of hydrogen-bond donors (Lipinski definition) is 1. The molecule has 1 aromatic rings. The molecular weight excluding hydrogens is 266 g/mol. The second-order valence-corrected chi connectivity index (χ2v) is 5.73. The van der Waals surface area contributed by atoms with Crippen molar-refractivity contribution in [3.8, 4) is 0 Å². The molecule has 0 amide bonds. The molecule has 1 heterocycles. The van der Waals surface area contributed by atoms with E-state index in [-0.39, 0.29) is 11.9 Å². The number of hydrogen-bond acceptors (Lipinski definition) is 4. The number of ether oxygens (including phenoxy) is 1. The van der Waals surface area contributed by atoms with E-state index in [1.807, 2.05) is 37.3 Å². The summed E-state index contributed by atoms with van der Waals surface area (Å²) in [5.41, 5.74) is 0.715. The Morgan fingerprint density at radius 2 is 2.14 bits per heavy atom. The minimum atomic E-state index is -0.402. The molecular formula is C17H23NO3. The monoisotopic (exact) mass is 289 g/mol. The second-order valence-electron chi connectivity index (χ2n) is 5.73. The molecule has 0 bridgehead atoms. The van der Waals surface area contributed by atoms with Gasteiger partial charge in [-0.3, -0.25) is 9.59 Å². The standard InChI is InChI=1S/C17H23NO3/c1-2-17(12-18-9-8-16(17)20)11-15(21-13-19)10-14-6-4-3-5-7-14/h3-7,13,15,18H,2,8-12H2,1H3. The van der Waals surface area contributed by atoms with Crippen LogP contribution >= 0.6 is 0 Å². The number of piperidine rings is 1. The maximum absolute atomic E-state index is 12.4. The van der Waals surface area contributed by atoms with E-state index < -0.39 is 5.41 Å². The molecule has 1 aliphatic rings. The third kappa shape index (κ3) is 3.91. The normalized spacial score (nSPS) is 23.6. The van der Waals surface area contributed by atoms with Gasteiger partial charge in [0.05, 0.1) is 0 Å². The maximum atomic E-state index is 12.4. The highest BCUT2D eigenvalue weighted by Crippen LogP contribution is 2.33. The van der Waals surface area contributed by atoms with Gasteiger partial charge in [0.25, 0.3) is 6.47 Å². The van der Waals surface area contributed by atoms with Crippen molar-refractivity contribution in [2.24, 2.45) is 5.41 Å². The van der Waals surface area contributed by atoms with E-state index in [9.17, 15) is 9.59 Å². The van der Waals surface area contributed by atoms with Gasteiger partial charge in [0, 0.05) is 31.3 Å². The fourth-order valence-corrected chi connectivity index (χ4v) is 3.11. The van der Waals surface area contributed by atoms with Crippen LogP contribution < -0.4 is 5.32 Å². The number of carbonyl (C=O) groups excluding carboxylic acids is 2. The van der Waals surface area contributed by atoms with Crippen LogP contribution in [0.4, 0.5) is 0 Å². The summed E-state index contributed by atoms with van der Waals surface area (Å²) in [5, 5.41) is 3.30. The predicted octanol–water partition coefficient (Wildman–Crippen LogP) is 2.12. The average molecular weight is 289 g/mol. The third-order valence-electron chi connectivity index (χ3n) is 4.43. The molecule has 1 saturated heterocycles. The Morgan fingerprint density at radius 3 is 2.76 bits per heavy atom. The van der Waals surface area contributed by atoms with Crippen LogP contribution in [0.5, 0.6) is 0 Å². The Kier molecular flexibility index (Phi) is 5.51. The number of nitrogens with one attached hydrogen (secondary N) is 1. The van der Waals surface area contributed by atoms with Crippen LogP contribution in [0.3, 0.4) is 0 Å². The highest BCUT2D eigenvalue weighted by Gasteiger charge is 2.40. The van der Waals surface area contributed by atoms with Gasteiger partial charge in [0.2, 0.25) is 0 Å².